The highest BCUT2D eigenvalue weighted by atomic mass is 19.1. The molecule has 0 radical (unpaired) electrons. The standard InChI is InChI=1S/C16H16FN5O2/c1-16(2,3)24-14(23)8-4-5-9(11(17)6-8)12-10(7-18)13(19)22-15(20)21-12/h4-6H,1-3H3,(H4,19,20,21,22). The van der Waals surface area contributed by atoms with Gasteiger partial charge in [0.25, 0.3) is 0 Å². The highest BCUT2D eigenvalue weighted by molar-refractivity contribution is 5.90. The number of ether oxygens (including phenoxy) is 1. The Morgan fingerprint density at radius 2 is 1.96 bits per heavy atom. The number of carbonyl (C=O) groups excluding carboxylic acids is 1. The van der Waals surface area contributed by atoms with Crippen molar-refractivity contribution >= 4 is 17.7 Å². The van der Waals surface area contributed by atoms with Gasteiger partial charge in [0.1, 0.15) is 28.9 Å². The van der Waals surface area contributed by atoms with E-state index in [-0.39, 0.29) is 34.2 Å². The molecule has 0 fully saturated rings. The zero-order valence-corrected chi connectivity index (χ0v) is 13.4. The summed E-state index contributed by atoms with van der Waals surface area (Å²) in [6.45, 7) is 5.13. The first-order valence-electron chi connectivity index (χ1n) is 6.98. The first kappa shape index (κ1) is 17.1. The van der Waals surface area contributed by atoms with Crippen LogP contribution in [0.4, 0.5) is 16.2 Å². The molecule has 0 bridgehead atoms. The van der Waals surface area contributed by atoms with Crippen LogP contribution in [0.15, 0.2) is 18.2 Å². The van der Waals surface area contributed by atoms with Gasteiger partial charge in [0.2, 0.25) is 5.95 Å². The molecule has 0 amide bonds. The van der Waals surface area contributed by atoms with Gasteiger partial charge in [0.05, 0.1) is 11.3 Å². The molecule has 124 valence electrons. The number of nitrogen functional groups attached to an aromatic ring is 2. The lowest BCUT2D eigenvalue weighted by Gasteiger charge is -2.19. The van der Waals surface area contributed by atoms with Crippen LogP contribution in [-0.4, -0.2) is 21.5 Å². The molecule has 0 aliphatic carbocycles. The summed E-state index contributed by atoms with van der Waals surface area (Å²) in [4.78, 5) is 19.5. The predicted molar refractivity (Wildman–Crippen MR) is 86.1 cm³/mol. The molecule has 0 spiro atoms. The third-order valence-electron chi connectivity index (χ3n) is 2.92. The van der Waals surface area contributed by atoms with Crippen LogP contribution in [0.3, 0.4) is 0 Å². The maximum Gasteiger partial charge on any atom is 0.338 e. The molecule has 7 nitrogen and oxygen atoms in total. The number of rotatable bonds is 2. The molecule has 0 saturated heterocycles. The van der Waals surface area contributed by atoms with Crippen molar-refractivity contribution in [2.45, 2.75) is 26.4 Å². The van der Waals surface area contributed by atoms with Crippen molar-refractivity contribution in [3.05, 3.63) is 35.1 Å². The molecule has 0 saturated carbocycles. The molecule has 0 unspecified atom stereocenters. The molecule has 0 aliphatic rings. The van der Waals surface area contributed by atoms with E-state index in [2.05, 4.69) is 9.97 Å². The number of nitrogens with zero attached hydrogens (tertiary/aromatic N) is 3. The molecule has 1 heterocycles. The van der Waals surface area contributed by atoms with Crippen molar-refractivity contribution in [2.75, 3.05) is 11.5 Å². The molecular weight excluding hydrogens is 313 g/mol. The minimum absolute atomic E-state index is 0.0142. The van der Waals surface area contributed by atoms with Crippen LogP contribution < -0.4 is 11.5 Å². The number of benzene rings is 1. The first-order chi connectivity index (χ1) is 11.1. The van der Waals surface area contributed by atoms with E-state index in [0.717, 1.165) is 6.07 Å². The maximum atomic E-state index is 14.4. The van der Waals surface area contributed by atoms with Crippen molar-refractivity contribution in [3.63, 3.8) is 0 Å². The quantitative estimate of drug-likeness (QED) is 0.809. The van der Waals surface area contributed by atoms with Gasteiger partial charge >= 0.3 is 5.97 Å². The number of hydrogen-bond acceptors (Lipinski definition) is 7. The average Bonchev–Trinajstić information content (AvgIpc) is 2.44. The number of halogens is 1. The van der Waals surface area contributed by atoms with Crippen LogP contribution in [0, 0.1) is 17.1 Å². The van der Waals surface area contributed by atoms with Crippen molar-refractivity contribution in [1.29, 1.82) is 5.26 Å². The Labute approximate surface area is 138 Å². The lowest BCUT2D eigenvalue weighted by molar-refractivity contribution is 0.00690. The number of nitrogens with two attached hydrogens (primary N) is 2. The van der Waals surface area contributed by atoms with E-state index in [1.165, 1.54) is 12.1 Å². The summed E-state index contributed by atoms with van der Waals surface area (Å²) < 4.78 is 19.6. The Morgan fingerprint density at radius 3 is 2.50 bits per heavy atom. The number of aromatic nitrogens is 2. The largest absolute Gasteiger partial charge is 0.456 e. The Balaban J connectivity index is 2.49. The zero-order valence-electron chi connectivity index (χ0n) is 13.4. The van der Waals surface area contributed by atoms with Crippen molar-refractivity contribution in [2.24, 2.45) is 0 Å². The summed E-state index contributed by atoms with van der Waals surface area (Å²) >= 11 is 0. The summed E-state index contributed by atoms with van der Waals surface area (Å²) in [6.07, 6.45) is 0. The van der Waals surface area contributed by atoms with Crippen molar-refractivity contribution in [3.8, 4) is 17.3 Å². The van der Waals surface area contributed by atoms with Crippen molar-refractivity contribution in [1.82, 2.24) is 9.97 Å². The number of hydrogen-bond donors (Lipinski definition) is 2. The molecule has 8 heteroatoms. The van der Waals surface area contributed by atoms with Crippen LogP contribution >= 0.6 is 0 Å². The second-order valence-electron chi connectivity index (χ2n) is 6.00. The molecule has 4 N–H and O–H groups in total. The third-order valence-corrected chi connectivity index (χ3v) is 2.92. The van der Waals surface area contributed by atoms with E-state index in [0.29, 0.717) is 0 Å². The number of carbonyl (C=O) groups is 1. The number of nitriles is 1. The molecule has 2 rings (SSSR count). The predicted octanol–water partition coefficient (Wildman–Crippen LogP) is 2.27. The zero-order chi connectivity index (χ0) is 18.1. The molecule has 1 aromatic carbocycles. The first-order valence-corrected chi connectivity index (χ1v) is 6.98. The number of esters is 1. The van der Waals surface area contributed by atoms with E-state index in [9.17, 15) is 9.18 Å². The summed E-state index contributed by atoms with van der Waals surface area (Å²) in [5.74, 6) is -1.74. The molecule has 24 heavy (non-hydrogen) atoms. The lowest BCUT2D eigenvalue weighted by Crippen LogP contribution is -2.24. The highest BCUT2D eigenvalue weighted by Gasteiger charge is 2.21. The fourth-order valence-electron chi connectivity index (χ4n) is 1.97. The smallest absolute Gasteiger partial charge is 0.338 e. The minimum atomic E-state index is -0.757. The summed E-state index contributed by atoms with van der Waals surface area (Å²) in [5, 5.41) is 9.17. The van der Waals surface area contributed by atoms with Gasteiger partial charge < -0.3 is 16.2 Å². The Kier molecular flexibility index (Phi) is 4.37. The van der Waals surface area contributed by atoms with Gasteiger partial charge in [-0.05, 0) is 39.0 Å². The van der Waals surface area contributed by atoms with E-state index in [4.69, 9.17) is 21.5 Å². The Bertz CT molecular complexity index is 853. The van der Waals surface area contributed by atoms with Gasteiger partial charge in [0.15, 0.2) is 0 Å². The monoisotopic (exact) mass is 329 g/mol. The minimum Gasteiger partial charge on any atom is -0.456 e. The Morgan fingerprint density at radius 1 is 1.29 bits per heavy atom. The fraction of sp³-hybridized carbons (Fsp3) is 0.250. The second-order valence-corrected chi connectivity index (χ2v) is 6.00. The van der Waals surface area contributed by atoms with Gasteiger partial charge in [-0.1, -0.05) is 0 Å². The van der Waals surface area contributed by atoms with Crippen molar-refractivity contribution < 1.29 is 13.9 Å². The SMILES string of the molecule is CC(C)(C)OC(=O)c1ccc(-c2nc(N)nc(N)c2C#N)c(F)c1. The number of anilines is 2. The van der Waals surface area contributed by atoms with Gasteiger partial charge in [-0.25, -0.2) is 14.2 Å². The molecule has 1 aromatic heterocycles. The van der Waals surface area contributed by atoms with Crippen LogP contribution in [-0.2, 0) is 4.74 Å². The van der Waals surface area contributed by atoms with Gasteiger partial charge in [-0.3, -0.25) is 0 Å². The second kappa shape index (κ2) is 6.12. The lowest BCUT2D eigenvalue weighted by atomic mass is 10.0. The molecule has 0 atom stereocenters. The fourth-order valence-corrected chi connectivity index (χ4v) is 1.97. The summed E-state index contributed by atoms with van der Waals surface area (Å²) in [6, 6.07) is 5.53. The van der Waals surface area contributed by atoms with Crippen LogP contribution in [0.25, 0.3) is 11.3 Å². The van der Waals surface area contributed by atoms with Gasteiger partial charge in [-0.15, -0.1) is 0 Å². The third kappa shape index (κ3) is 3.57. The van der Waals surface area contributed by atoms with Crippen LogP contribution in [0.1, 0.15) is 36.7 Å². The van der Waals surface area contributed by atoms with E-state index < -0.39 is 17.4 Å². The Hall–Kier alpha value is -3.21. The van der Waals surface area contributed by atoms with E-state index >= 15 is 0 Å². The summed E-state index contributed by atoms with van der Waals surface area (Å²) in [5.41, 5.74) is 10.3. The van der Waals surface area contributed by atoms with E-state index in [1.54, 1.807) is 20.8 Å². The maximum absolute atomic E-state index is 14.4. The average molecular weight is 329 g/mol. The topological polar surface area (TPSA) is 128 Å². The normalized spacial score (nSPS) is 11.0. The molecular formula is C16H16FN5O2. The highest BCUT2D eigenvalue weighted by Crippen LogP contribution is 2.28. The van der Waals surface area contributed by atoms with Crippen LogP contribution in [0.5, 0.6) is 0 Å². The molecule has 2 aromatic rings. The van der Waals surface area contributed by atoms with Crippen LogP contribution in [0.2, 0.25) is 0 Å². The van der Waals surface area contributed by atoms with E-state index in [1.807, 2.05) is 6.07 Å². The summed E-state index contributed by atoms with van der Waals surface area (Å²) in [7, 11) is 0. The van der Waals surface area contributed by atoms with Gasteiger partial charge in [-0.2, -0.15) is 10.2 Å². The molecule has 0 aliphatic heterocycles. The van der Waals surface area contributed by atoms with Gasteiger partial charge in [0, 0.05) is 5.56 Å².